The molecule has 2 rings (SSSR count). The Morgan fingerprint density at radius 3 is 2.33 bits per heavy atom. The van der Waals surface area contributed by atoms with Crippen molar-refractivity contribution < 1.29 is 0 Å². The summed E-state index contributed by atoms with van der Waals surface area (Å²) in [6.45, 7) is 7.62. The van der Waals surface area contributed by atoms with E-state index in [1.165, 1.54) is 32.1 Å². The van der Waals surface area contributed by atoms with E-state index in [0.717, 1.165) is 42.4 Å². The zero-order chi connectivity index (χ0) is 15.3. The zero-order valence-electron chi connectivity index (χ0n) is 14.1. The molecule has 0 aromatic carbocycles. The summed E-state index contributed by atoms with van der Waals surface area (Å²) < 4.78 is 0. The molecule has 0 atom stereocenters. The van der Waals surface area contributed by atoms with E-state index in [0.29, 0.717) is 5.41 Å². The highest BCUT2D eigenvalue weighted by Gasteiger charge is 2.31. The molecule has 0 spiro atoms. The van der Waals surface area contributed by atoms with Crippen molar-refractivity contribution in [2.45, 2.75) is 65.7 Å². The quantitative estimate of drug-likeness (QED) is 0.791. The molecule has 4 nitrogen and oxygen atoms in total. The summed E-state index contributed by atoms with van der Waals surface area (Å²) >= 11 is 0. The van der Waals surface area contributed by atoms with Gasteiger partial charge in [-0.2, -0.15) is 0 Å². The van der Waals surface area contributed by atoms with Crippen LogP contribution in [0.5, 0.6) is 0 Å². The van der Waals surface area contributed by atoms with Crippen LogP contribution in [-0.2, 0) is 6.42 Å². The van der Waals surface area contributed by atoms with Crippen LogP contribution in [0.25, 0.3) is 0 Å². The van der Waals surface area contributed by atoms with E-state index < -0.39 is 0 Å². The molecule has 0 saturated heterocycles. The molecule has 1 aliphatic rings. The highest BCUT2D eigenvalue weighted by molar-refractivity contribution is 5.57. The maximum atomic E-state index is 4.73. The van der Waals surface area contributed by atoms with Crippen LogP contribution in [-0.4, -0.2) is 23.6 Å². The molecule has 0 amide bonds. The van der Waals surface area contributed by atoms with Gasteiger partial charge in [0, 0.05) is 25.6 Å². The van der Waals surface area contributed by atoms with Gasteiger partial charge < -0.3 is 10.6 Å². The van der Waals surface area contributed by atoms with Gasteiger partial charge in [-0.15, -0.1) is 0 Å². The summed E-state index contributed by atoms with van der Waals surface area (Å²) in [6, 6.07) is 0. The van der Waals surface area contributed by atoms with Gasteiger partial charge in [0.25, 0.3) is 0 Å². The van der Waals surface area contributed by atoms with Crippen molar-refractivity contribution in [1.82, 2.24) is 9.97 Å². The minimum absolute atomic E-state index is 0.474. The van der Waals surface area contributed by atoms with Crippen LogP contribution < -0.4 is 10.6 Å². The van der Waals surface area contributed by atoms with Crippen LogP contribution in [0.15, 0.2) is 0 Å². The Balaban J connectivity index is 2.16. The van der Waals surface area contributed by atoms with Crippen LogP contribution in [0, 0.1) is 12.3 Å². The Morgan fingerprint density at radius 1 is 1.10 bits per heavy atom. The van der Waals surface area contributed by atoms with Crippen LogP contribution in [0.4, 0.5) is 11.6 Å². The van der Waals surface area contributed by atoms with Crippen molar-refractivity contribution >= 4 is 11.6 Å². The molecular weight excluding hydrogens is 260 g/mol. The Bertz CT molecular complexity index is 464. The minimum Gasteiger partial charge on any atom is -0.373 e. The molecule has 0 unspecified atom stereocenters. The Hall–Kier alpha value is -1.32. The highest BCUT2D eigenvalue weighted by Crippen LogP contribution is 2.41. The van der Waals surface area contributed by atoms with Gasteiger partial charge in [0.2, 0.25) is 0 Å². The Labute approximate surface area is 129 Å². The molecule has 1 aliphatic carbocycles. The van der Waals surface area contributed by atoms with Gasteiger partial charge in [-0.25, -0.2) is 9.97 Å². The van der Waals surface area contributed by atoms with Crippen molar-refractivity contribution in [2.75, 3.05) is 24.2 Å². The standard InChI is InChI=1S/C17H30N4/c1-5-9-14-20-15(18-4)13(3)16(21-14)19-12-17(6-2)10-7-8-11-17/h5-12H2,1-4H3,(H2,18,19,20,21). The van der Waals surface area contributed by atoms with E-state index in [4.69, 9.17) is 4.98 Å². The van der Waals surface area contributed by atoms with Gasteiger partial charge in [0.1, 0.15) is 17.5 Å². The van der Waals surface area contributed by atoms with E-state index in [1.54, 1.807) is 0 Å². The summed E-state index contributed by atoms with van der Waals surface area (Å²) in [5.41, 5.74) is 1.60. The molecule has 21 heavy (non-hydrogen) atoms. The maximum Gasteiger partial charge on any atom is 0.134 e. The van der Waals surface area contributed by atoms with Gasteiger partial charge in [-0.05, 0) is 38.0 Å². The van der Waals surface area contributed by atoms with Gasteiger partial charge >= 0.3 is 0 Å². The SMILES string of the molecule is CCCc1nc(NC)c(C)c(NCC2(CC)CCCC2)n1. The summed E-state index contributed by atoms with van der Waals surface area (Å²) in [5, 5.41) is 6.82. The smallest absolute Gasteiger partial charge is 0.134 e. The molecule has 4 heteroatoms. The molecule has 0 bridgehead atoms. The van der Waals surface area contributed by atoms with Crippen LogP contribution >= 0.6 is 0 Å². The number of nitrogens with zero attached hydrogens (tertiary/aromatic N) is 2. The van der Waals surface area contributed by atoms with Gasteiger partial charge in [0.15, 0.2) is 0 Å². The molecule has 2 N–H and O–H groups in total. The highest BCUT2D eigenvalue weighted by atomic mass is 15.1. The second-order valence-corrected chi connectivity index (χ2v) is 6.38. The lowest BCUT2D eigenvalue weighted by molar-refractivity contribution is 0.306. The molecular formula is C17H30N4. The van der Waals surface area contributed by atoms with Gasteiger partial charge in [-0.3, -0.25) is 0 Å². The largest absolute Gasteiger partial charge is 0.373 e. The van der Waals surface area contributed by atoms with Crippen LogP contribution in [0.2, 0.25) is 0 Å². The lowest BCUT2D eigenvalue weighted by atomic mass is 9.83. The lowest BCUT2D eigenvalue weighted by Gasteiger charge is -2.28. The Morgan fingerprint density at radius 2 is 1.76 bits per heavy atom. The van der Waals surface area contributed by atoms with E-state index in [1.807, 2.05) is 7.05 Å². The molecule has 1 fully saturated rings. The zero-order valence-corrected chi connectivity index (χ0v) is 14.1. The van der Waals surface area contributed by atoms with Crippen LogP contribution in [0.3, 0.4) is 0 Å². The minimum atomic E-state index is 0.474. The molecule has 0 radical (unpaired) electrons. The third-order valence-electron chi connectivity index (χ3n) is 4.95. The number of hydrogen-bond acceptors (Lipinski definition) is 4. The maximum absolute atomic E-state index is 4.73. The predicted molar refractivity (Wildman–Crippen MR) is 90.0 cm³/mol. The summed E-state index contributed by atoms with van der Waals surface area (Å²) in [4.78, 5) is 9.33. The van der Waals surface area contributed by atoms with Crippen molar-refractivity contribution in [3.05, 3.63) is 11.4 Å². The van der Waals surface area contributed by atoms with E-state index in [9.17, 15) is 0 Å². The van der Waals surface area contributed by atoms with E-state index in [-0.39, 0.29) is 0 Å². The predicted octanol–water partition coefficient (Wildman–Crippen LogP) is 4.16. The molecule has 1 aromatic rings. The Kier molecular flexibility index (Phi) is 5.43. The number of rotatable bonds is 7. The summed E-state index contributed by atoms with van der Waals surface area (Å²) in [6.07, 6.45) is 8.71. The van der Waals surface area contributed by atoms with Crippen LogP contribution in [0.1, 0.15) is 63.8 Å². The van der Waals surface area contributed by atoms with Crippen molar-refractivity contribution in [3.63, 3.8) is 0 Å². The molecule has 1 heterocycles. The summed E-state index contributed by atoms with van der Waals surface area (Å²) in [7, 11) is 1.93. The number of hydrogen-bond donors (Lipinski definition) is 2. The molecule has 0 aliphatic heterocycles. The van der Waals surface area contributed by atoms with E-state index in [2.05, 4.69) is 36.4 Å². The average molecular weight is 290 g/mol. The lowest BCUT2D eigenvalue weighted by Crippen LogP contribution is -2.27. The fourth-order valence-corrected chi connectivity index (χ4v) is 3.37. The summed E-state index contributed by atoms with van der Waals surface area (Å²) in [5.74, 6) is 2.90. The second kappa shape index (κ2) is 7.10. The van der Waals surface area contributed by atoms with Gasteiger partial charge in [0.05, 0.1) is 0 Å². The number of aryl methyl sites for hydroxylation is 1. The fourth-order valence-electron chi connectivity index (χ4n) is 3.37. The fraction of sp³-hybridized carbons (Fsp3) is 0.765. The number of aromatic nitrogens is 2. The second-order valence-electron chi connectivity index (χ2n) is 6.38. The van der Waals surface area contributed by atoms with Crippen molar-refractivity contribution in [3.8, 4) is 0 Å². The number of nitrogens with one attached hydrogen (secondary N) is 2. The molecule has 1 aromatic heterocycles. The van der Waals surface area contributed by atoms with Gasteiger partial charge in [-0.1, -0.05) is 26.7 Å². The first-order valence-corrected chi connectivity index (χ1v) is 8.43. The van der Waals surface area contributed by atoms with Crippen molar-refractivity contribution in [1.29, 1.82) is 0 Å². The molecule has 118 valence electrons. The first-order valence-electron chi connectivity index (χ1n) is 8.43. The third-order valence-corrected chi connectivity index (χ3v) is 4.95. The third kappa shape index (κ3) is 3.66. The van der Waals surface area contributed by atoms with Crippen molar-refractivity contribution in [2.24, 2.45) is 5.41 Å². The first-order chi connectivity index (χ1) is 10.1. The normalized spacial score (nSPS) is 17.0. The first kappa shape index (κ1) is 16.1. The monoisotopic (exact) mass is 290 g/mol. The average Bonchev–Trinajstić information content (AvgIpc) is 2.97. The molecule has 1 saturated carbocycles. The number of anilines is 2. The van der Waals surface area contributed by atoms with E-state index >= 15 is 0 Å². The topological polar surface area (TPSA) is 49.8 Å².